The zero-order valence-corrected chi connectivity index (χ0v) is 19.9. The van der Waals surface area contributed by atoms with E-state index in [0.29, 0.717) is 24.6 Å². The van der Waals surface area contributed by atoms with Crippen molar-refractivity contribution >= 4 is 17.7 Å². The number of hydrogen-bond donors (Lipinski definition) is 2. The molecule has 2 N–H and O–H groups in total. The first kappa shape index (κ1) is 23.5. The summed E-state index contributed by atoms with van der Waals surface area (Å²) in [5.41, 5.74) is 2.83. The van der Waals surface area contributed by atoms with Crippen molar-refractivity contribution in [1.82, 2.24) is 20.4 Å². The molecule has 184 valence electrons. The molecule has 8 nitrogen and oxygen atoms in total. The summed E-state index contributed by atoms with van der Waals surface area (Å²) in [5, 5.41) is 5.84. The fraction of sp³-hybridized carbons (Fsp3) is 0.654. The zero-order valence-electron chi connectivity index (χ0n) is 19.9. The van der Waals surface area contributed by atoms with Crippen LogP contribution < -0.4 is 10.6 Å². The highest BCUT2D eigenvalue weighted by Gasteiger charge is 2.39. The molecule has 1 aromatic carbocycles. The lowest BCUT2D eigenvalue weighted by Gasteiger charge is -2.33. The minimum Gasteiger partial charge on any atom is -0.377 e. The van der Waals surface area contributed by atoms with E-state index in [0.717, 1.165) is 70.1 Å². The number of likely N-dealkylation sites (tertiary alicyclic amines) is 1. The Morgan fingerprint density at radius 3 is 2.82 bits per heavy atom. The Balaban J connectivity index is 1.14. The number of piperidine rings is 3. The van der Waals surface area contributed by atoms with Crippen molar-refractivity contribution in [2.24, 2.45) is 5.92 Å². The number of carbonyl (C=O) groups is 3. The number of ether oxygens (including phenoxy) is 1. The third kappa shape index (κ3) is 5.34. The molecule has 3 atom stereocenters. The molecule has 34 heavy (non-hydrogen) atoms. The van der Waals surface area contributed by atoms with Gasteiger partial charge in [0.15, 0.2) is 0 Å². The fourth-order valence-corrected chi connectivity index (χ4v) is 5.85. The van der Waals surface area contributed by atoms with Crippen molar-refractivity contribution in [2.45, 2.75) is 70.2 Å². The van der Waals surface area contributed by atoms with E-state index in [1.807, 2.05) is 12.1 Å². The molecule has 3 saturated heterocycles. The van der Waals surface area contributed by atoms with E-state index in [-0.39, 0.29) is 24.1 Å². The molecule has 4 heterocycles. The van der Waals surface area contributed by atoms with Crippen LogP contribution in [0.3, 0.4) is 0 Å². The van der Waals surface area contributed by atoms with Crippen molar-refractivity contribution in [3.63, 3.8) is 0 Å². The Kier molecular flexibility index (Phi) is 7.27. The number of rotatable bonds is 7. The SMILES string of the molecule is O=C1CCC(N2Cc3cc(CN4CCCC(OCCC5CCCNC5)C4)ccc3C2=O)C(=O)N1. The first-order chi connectivity index (χ1) is 16.6. The third-order valence-corrected chi connectivity index (χ3v) is 7.73. The Bertz CT molecular complexity index is 929. The molecule has 1 aromatic rings. The van der Waals surface area contributed by atoms with Crippen LogP contribution in [-0.4, -0.2) is 72.5 Å². The van der Waals surface area contributed by atoms with E-state index in [2.05, 4.69) is 21.6 Å². The summed E-state index contributed by atoms with van der Waals surface area (Å²) in [5.74, 6) is 0.0113. The molecular weight excluding hydrogens is 432 g/mol. The van der Waals surface area contributed by atoms with Crippen LogP contribution in [0.25, 0.3) is 0 Å². The molecule has 0 aliphatic carbocycles. The number of benzene rings is 1. The average molecular weight is 469 g/mol. The number of fused-ring (bicyclic) bond motifs is 1. The van der Waals surface area contributed by atoms with Gasteiger partial charge in [0.25, 0.3) is 5.91 Å². The Morgan fingerprint density at radius 1 is 1.09 bits per heavy atom. The van der Waals surface area contributed by atoms with Gasteiger partial charge in [0.1, 0.15) is 6.04 Å². The van der Waals surface area contributed by atoms with Crippen LogP contribution in [-0.2, 0) is 27.4 Å². The van der Waals surface area contributed by atoms with Crippen molar-refractivity contribution < 1.29 is 19.1 Å². The smallest absolute Gasteiger partial charge is 0.255 e. The minimum absolute atomic E-state index is 0.115. The van der Waals surface area contributed by atoms with Crippen LogP contribution >= 0.6 is 0 Å². The maximum absolute atomic E-state index is 12.9. The number of hydrogen-bond acceptors (Lipinski definition) is 6. The molecule has 0 saturated carbocycles. The molecular formula is C26H36N4O4. The lowest BCUT2D eigenvalue weighted by atomic mass is 9.97. The average Bonchev–Trinajstić information content (AvgIpc) is 3.15. The summed E-state index contributed by atoms with van der Waals surface area (Å²) in [7, 11) is 0. The highest BCUT2D eigenvalue weighted by molar-refractivity contribution is 6.05. The van der Waals surface area contributed by atoms with E-state index in [9.17, 15) is 14.4 Å². The van der Waals surface area contributed by atoms with Gasteiger partial charge in [-0.25, -0.2) is 0 Å². The number of carbonyl (C=O) groups excluding carboxylic acids is 3. The van der Waals surface area contributed by atoms with Gasteiger partial charge in [-0.3, -0.25) is 24.6 Å². The number of nitrogens with zero attached hydrogens (tertiary/aromatic N) is 2. The van der Waals surface area contributed by atoms with Crippen LogP contribution in [0.2, 0.25) is 0 Å². The van der Waals surface area contributed by atoms with Gasteiger partial charge in [0.2, 0.25) is 11.8 Å². The van der Waals surface area contributed by atoms with Crippen molar-refractivity contribution in [3.05, 3.63) is 34.9 Å². The second-order valence-electron chi connectivity index (χ2n) is 10.3. The topological polar surface area (TPSA) is 91.0 Å². The Morgan fingerprint density at radius 2 is 2.00 bits per heavy atom. The number of nitrogens with one attached hydrogen (secondary N) is 2. The molecule has 8 heteroatoms. The van der Waals surface area contributed by atoms with Gasteiger partial charge >= 0.3 is 0 Å². The van der Waals surface area contributed by atoms with Gasteiger partial charge in [0.05, 0.1) is 6.10 Å². The van der Waals surface area contributed by atoms with Crippen molar-refractivity contribution in [2.75, 3.05) is 32.8 Å². The molecule has 0 radical (unpaired) electrons. The van der Waals surface area contributed by atoms with E-state index in [1.54, 1.807) is 4.90 Å². The molecule has 3 fully saturated rings. The van der Waals surface area contributed by atoms with Gasteiger partial charge in [0, 0.05) is 38.2 Å². The van der Waals surface area contributed by atoms with Crippen LogP contribution in [0.5, 0.6) is 0 Å². The third-order valence-electron chi connectivity index (χ3n) is 7.73. The number of imide groups is 1. The number of amides is 3. The van der Waals surface area contributed by atoms with E-state index in [1.165, 1.54) is 18.4 Å². The summed E-state index contributed by atoms with van der Waals surface area (Å²) in [4.78, 5) is 40.7. The molecule has 3 amide bonds. The summed E-state index contributed by atoms with van der Waals surface area (Å²) in [6.45, 7) is 6.40. The van der Waals surface area contributed by atoms with Gasteiger partial charge < -0.3 is 15.0 Å². The normalized spacial score (nSPS) is 28.2. The van der Waals surface area contributed by atoms with Gasteiger partial charge in [-0.05, 0) is 81.3 Å². The van der Waals surface area contributed by atoms with Crippen LogP contribution in [0.15, 0.2) is 18.2 Å². The second-order valence-corrected chi connectivity index (χ2v) is 10.3. The summed E-state index contributed by atoms with van der Waals surface area (Å²) >= 11 is 0. The Hall–Kier alpha value is -2.29. The van der Waals surface area contributed by atoms with Crippen LogP contribution in [0.1, 0.15) is 66.4 Å². The summed E-state index contributed by atoms with van der Waals surface area (Å²) in [6, 6.07) is 5.48. The molecule has 5 rings (SSSR count). The first-order valence-corrected chi connectivity index (χ1v) is 12.9. The summed E-state index contributed by atoms with van der Waals surface area (Å²) < 4.78 is 6.26. The van der Waals surface area contributed by atoms with Crippen LogP contribution in [0, 0.1) is 5.92 Å². The zero-order chi connectivity index (χ0) is 23.5. The predicted molar refractivity (Wildman–Crippen MR) is 127 cm³/mol. The van der Waals surface area contributed by atoms with Crippen molar-refractivity contribution in [3.8, 4) is 0 Å². The van der Waals surface area contributed by atoms with Crippen LogP contribution in [0.4, 0.5) is 0 Å². The van der Waals surface area contributed by atoms with E-state index in [4.69, 9.17) is 4.74 Å². The predicted octanol–water partition coefficient (Wildman–Crippen LogP) is 1.82. The molecule has 0 bridgehead atoms. The quantitative estimate of drug-likeness (QED) is 0.594. The molecule has 0 aromatic heterocycles. The largest absolute Gasteiger partial charge is 0.377 e. The first-order valence-electron chi connectivity index (χ1n) is 12.9. The highest BCUT2D eigenvalue weighted by Crippen LogP contribution is 2.29. The molecule has 0 spiro atoms. The lowest BCUT2D eigenvalue weighted by molar-refractivity contribution is -0.136. The molecule has 4 aliphatic heterocycles. The Labute approximate surface area is 201 Å². The van der Waals surface area contributed by atoms with Gasteiger partial charge in [-0.15, -0.1) is 0 Å². The van der Waals surface area contributed by atoms with Gasteiger partial charge in [-0.1, -0.05) is 12.1 Å². The molecule has 3 unspecified atom stereocenters. The van der Waals surface area contributed by atoms with E-state index < -0.39 is 6.04 Å². The molecule has 4 aliphatic rings. The lowest BCUT2D eigenvalue weighted by Crippen LogP contribution is -2.52. The maximum Gasteiger partial charge on any atom is 0.255 e. The van der Waals surface area contributed by atoms with Crippen molar-refractivity contribution in [1.29, 1.82) is 0 Å². The monoisotopic (exact) mass is 468 g/mol. The highest BCUT2D eigenvalue weighted by atomic mass is 16.5. The standard InChI is InChI=1S/C26H36N4O4/c31-24-8-7-23(25(32)28-24)30-16-20-13-19(5-6-22(20)26(30)33)15-29-11-2-4-21(17-29)34-12-9-18-3-1-10-27-14-18/h5-6,13,18,21,23,27H,1-4,7-12,14-17H2,(H,28,31,32). The van der Waals surface area contributed by atoms with Gasteiger partial charge in [-0.2, -0.15) is 0 Å². The summed E-state index contributed by atoms with van der Waals surface area (Å²) in [6.07, 6.45) is 6.97. The maximum atomic E-state index is 12.9. The van der Waals surface area contributed by atoms with E-state index >= 15 is 0 Å². The minimum atomic E-state index is -0.564. The second kappa shape index (κ2) is 10.5. The fourth-order valence-electron chi connectivity index (χ4n) is 5.85.